The molecule has 0 spiro atoms. The third kappa shape index (κ3) is 2.92. The van der Waals surface area contributed by atoms with Crippen molar-refractivity contribution in [3.63, 3.8) is 0 Å². The van der Waals surface area contributed by atoms with E-state index in [1.807, 2.05) is 18.4 Å². The van der Waals surface area contributed by atoms with Gasteiger partial charge in [0, 0.05) is 12.7 Å². The van der Waals surface area contributed by atoms with Crippen molar-refractivity contribution >= 4 is 39.8 Å². The molecule has 0 saturated heterocycles. The fourth-order valence-corrected chi connectivity index (χ4v) is 0.970. The molecule has 0 aromatic rings. The van der Waals surface area contributed by atoms with Crippen LogP contribution in [0.15, 0.2) is 24.1 Å². The van der Waals surface area contributed by atoms with Gasteiger partial charge in [0.25, 0.3) is 0 Å². The topological polar surface area (TPSA) is 12.5 Å². The molecule has 58 valence electrons. The number of hydrogen-bond acceptors (Lipinski definition) is 2. The van der Waals surface area contributed by atoms with E-state index in [9.17, 15) is 0 Å². The first-order valence-electron chi connectivity index (χ1n) is 2.67. The van der Waals surface area contributed by atoms with Gasteiger partial charge in [-0.2, -0.15) is 0 Å². The maximum atomic E-state index is 4.98. The smallest absolute Gasteiger partial charge is 0.118 e. The van der Waals surface area contributed by atoms with Crippen LogP contribution in [0, 0.1) is 0 Å². The van der Waals surface area contributed by atoms with Gasteiger partial charge in [-0.15, -0.1) is 17.0 Å². The Kier molecular flexibility index (Phi) is 5.15. The highest BCUT2D eigenvalue weighted by molar-refractivity contribution is 14.1. The highest BCUT2D eigenvalue weighted by Gasteiger charge is 1.98. The van der Waals surface area contributed by atoms with Crippen LogP contribution in [0.3, 0.4) is 0 Å². The van der Waals surface area contributed by atoms with Crippen LogP contribution in [0.4, 0.5) is 0 Å². The molecule has 0 aromatic carbocycles. The van der Waals surface area contributed by atoms with Crippen LogP contribution >= 0.6 is 39.8 Å². The van der Waals surface area contributed by atoms with Gasteiger partial charge < -0.3 is 7.85 Å². The van der Waals surface area contributed by atoms with E-state index in [1.54, 1.807) is 7.11 Å². The number of hydrogen-bond donors (Lipinski definition) is 0. The van der Waals surface area contributed by atoms with Crippen LogP contribution in [0.5, 0.6) is 0 Å². The standard InChI is InChI=1S/C6H8INO.BrH/c1-9-6-2-4-8(7)5-3-6;/h2-4H,5H2,1H3;1H. The summed E-state index contributed by atoms with van der Waals surface area (Å²) in [4.78, 5) is 0. The number of ether oxygens (including phenoxy) is 1. The second-order valence-electron chi connectivity index (χ2n) is 1.71. The van der Waals surface area contributed by atoms with E-state index in [4.69, 9.17) is 4.74 Å². The lowest BCUT2D eigenvalue weighted by molar-refractivity contribution is 0.302. The van der Waals surface area contributed by atoms with E-state index in [-0.39, 0.29) is 17.0 Å². The Bertz CT molecular complexity index is 158. The molecule has 0 atom stereocenters. The molecule has 0 bridgehead atoms. The molecule has 1 aliphatic rings. The molecule has 0 N–H and O–H groups in total. The first-order valence-corrected chi connectivity index (χ1v) is 3.64. The summed E-state index contributed by atoms with van der Waals surface area (Å²) >= 11 is 2.23. The van der Waals surface area contributed by atoms with Crippen LogP contribution in [-0.4, -0.2) is 16.8 Å². The zero-order chi connectivity index (χ0) is 6.69. The van der Waals surface area contributed by atoms with E-state index in [2.05, 4.69) is 26.0 Å². The molecule has 0 saturated carbocycles. The highest BCUT2D eigenvalue weighted by atomic mass is 127. The maximum absolute atomic E-state index is 4.98. The summed E-state index contributed by atoms with van der Waals surface area (Å²) in [6.07, 6.45) is 5.96. The number of halogens is 2. The van der Waals surface area contributed by atoms with Crippen molar-refractivity contribution in [3.05, 3.63) is 24.1 Å². The second-order valence-corrected chi connectivity index (χ2v) is 2.95. The fraction of sp³-hybridized carbons (Fsp3) is 0.333. The molecular formula is C6H9BrINO. The average molecular weight is 318 g/mol. The molecule has 4 heteroatoms. The molecule has 1 aliphatic heterocycles. The molecule has 0 radical (unpaired) electrons. The summed E-state index contributed by atoms with van der Waals surface area (Å²) < 4.78 is 7.04. The van der Waals surface area contributed by atoms with Crippen LogP contribution in [0.2, 0.25) is 0 Å². The van der Waals surface area contributed by atoms with E-state index in [1.165, 1.54) is 0 Å². The molecule has 0 fully saturated rings. The summed E-state index contributed by atoms with van der Waals surface area (Å²) in [5, 5.41) is 0. The predicted molar refractivity (Wildman–Crippen MR) is 55.3 cm³/mol. The Hall–Kier alpha value is 0.290. The van der Waals surface area contributed by atoms with Crippen molar-refractivity contribution in [1.82, 2.24) is 3.11 Å². The van der Waals surface area contributed by atoms with Crippen molar-refractivity contribution in [2.75, 3.05) is 13.7 Å². The number of nitrogens with zero attached hydrogens (tertiary/aromatic N) is 1. The van der Waals surface area contributed by atoms with Gasteiger partial charge in [-0.25, -0.2) is 0 Å². The van der Waals surface area contributed by atoms with Gasteiger partial charge in [0.1, 0.15) is 5.76 Å². The van der Waals surface area contributed by atoms with Crippen LogP contribution in [-0.2, 0) is 4.74 Å². The third-order valence-corrected chi connectivity index (χ3v) is 1.82. The highest BCUT2D eigenvalue weighted by Crippen LogP contribution is 2.10. The minimum absolute atomic E-state index is 0. The minimum Gasteiger partial charge on any atom is -0.497 e. The lowest BCUT2D eigenvalue weighted by Gasteiger charge is -2.13. The second kappa shape index (κ2) is 5.01. The molecule has 1 heterocycles. The van der Waals surface area contributed by atoms with Gasteiger partial charge in [-0.3, -0.25) is 0 Å². The van der Waals surface area contributed by atoms with Gasteiger partial charge in [-0.1, -0.05) is 0 Å². The van der Waals surface area contributed by atoms with Gasteiger partial charge in [-0.05, 0) is 12.2 Å². The number of rotatable bonds is 1. The van der Waals surface area contributed by atoms with Gasteiger partial charge in [0.15, 0.2) is 0 Å². The van der Waals surface area contributed by atoms with Crippen LogP contribution in [0.25, 0.3) is 0 Å². The van der Waals surface area contributed by atoms with Crippen molar-refractivity contribution in [1.29, 1.82) is 0 Å². The van der Waals surface area contributed by atoms with Gasteiger partial charge >= 0.3 is 0 Å². The van der Waals surface area contributed by atoms with Gasteiger partial charge in [0.05, 0.1) is 30.0 Å². The number of methoxy groups -OCH3 is 1. The lowest BCUT2D eigenvalue weighted by atomic mass is 10.3. The molecule has 2 nitrogen and oxygen atoms in total. The van der Waals surface area contributed by atoms with Crippen molar-refractivity contribution < 1.29 is 4.74 Å². The Balaban J connectivity index is 0.000000810. The SMILES string of the molecule is Br.COC1=CCN(I)C=C1. The minimum atomic E-state index is 0. The van der Waals surface area contributed by atoms with E-state index >= 15 is 0 Å². The monoisotopic (exact) mass is 317 g/mol. The average Bonchev–Trinajstić information content (AvgIpc) is 1.90. The Morgan fingerprint density at radius 2 is 2.40 bits per heavy atom. The van der Waals surface area contributed by atoms with Crippen molar-refractivity contribution in [2.45, 2.75) is 0 Å². The van der Waals surface area contributed by atoms with Crippen LogP contribution in [0.1, 0.15) is 0 Å². The molecule has 0 aliphatic carbocycles. The maximum Gasteiger partial charge on any atom is 0.118 e. The van der Waals surface area contributed by atoms with Gasteiger partial charge in [0.2, 0.25) is 0 Å². The van der Waals surface area contributed by atoms with E-state index < -0.39 is 0 Å². The predicted octanol–water partition coefficient (Wildman–Crippen LogP) is 2.27. The Labute approximate surface area is 85.2 Å². The quantitative estimate of drug-likeness (QED) is 0.543. The summed E-state index contributed by atoms with van der Waals surface area (Å²) in [5.74, 6) is 0.947. The largest absolute Gasteiger partial charge is 0.497 e. The van der Waals surface area contributed by atoms with Crippen molar-refractivity contribution in [2.24, 2.45) is 0 Å². The third-order valence-electron chi connectivity index (χ3n) is 1.10. The molecule has 1 rings (SSSR count). The van der Waals surface area contributed by atoms with E-state index in [0.717, 1.165) is 12.3 Å². The zero-order valence-corrected chi connectivity index (χ0v) is 9.45. The molecule has 0 aromatic heterocycles. The molecule has 0 unspecified atom stereocenters. The fourth-order valence-electron chi connectivity index (χ4n) is 0.612. The normalized spacial score (nSPS) is 15.8. The first kappa shape index (κ1) is 10.3. The van der Waals surface area contributed by atoms with Crippen LogP contribution < -0.4 is 0 Å². The molecule has 0 amide bonds. The summed E-state index contributed by atoms with van der Waals surface area (Å²) in [7, 11) is 1.68. The van der Waals surface area contributed by atoms with E-state index in [0.29, 0.717) is 0 Å². The molecular weight excluding hydrogens is 309 g/mol. The Morgan fingerprint density at radius 3 is 2.80 bits per heavy atom. The first-order chi connectivity index (χ1) is 4.33. The molecule has 10 heavy (non-hydrogen) atoms. The summed E-state index contributed by atoms with van der Waals surface area (Å²) in [6, 6.07) is 0. The Morgan fingerprint density at radius 1 is 1.70 bits per heavy atom. The van der Waals surface area contributed by atoms with Crippen molar-refractivity contribution in [3.8, 4) is 0 Å². The lowest BCUT2D eigenvalue weighted by Crippen LogP contribution is -2.07. The number of allylic oxidation sites excluding steroid dienone is 1. The zero-order valence-electron chi connectivity index (χ0n) is 5.58. The summed E-state index contributed by atoms with van der Waals surface area (Å²) in [5.41, 5.74) is 0. The summed E-state index contributed by atoms with van der Waals surface area (Å²) in [6.45, 7) is 0.931.